The van der Waals surface area contributed by atoms with Gasteiger partial charge in [-0.2, -0.15) is 0 Å². The molecule has 0 N–H and O–H groups in total. The van der Waals surface area contributed by atoms with Gasteiger partial charge in [0.2, 0.25) is 5.78 Å². The molecule has 0 spiro atoms. The van der Waals surface area contributed by atoms with Gasteiger partial charge in [0.25, 0.3) is 0 Å². The molecule has 0 aromatic heterocycles. The summed E-state index contributed by atoms with van der Waals surface area (Å²) in [6, 6.07) is 0. The second-order valence-corrected chi connectivity index (χ2v) is 7.49. The van der Waals surface area contributed by atoms with E-state index in [0.29, 0.717) is 17.8 Å². The zero-order chi connectivity index (χ0) is 19.2. The highest BCUT2D eigenvalue weighted by Gasteiger charge is 2.53. The van der Waals surface area contributed by atoms with Crippen molar-refractivity contribution >= 4 is 17.7 Å². The van der Waals surface area contributed by atoms with Crippen LogP contribution in [0, 0.1) is 11.8 Å². The average Bonchev–Trinajstić information content (AvgIpc) is 3.03. The Bertz CT molecular complexity index is 745. The second-order valence-electron chi connectivity index (χ2n) is 7.49. The summed E-state index contributed by atoms with van der Waals surface area (Å²) in [5, 5.41) is 0. The Hall–Kier alpha value is -2.37. The molecule has 3 aliphatic rings. The molecule has 3 heterocycles. The first-order chi connectivity index (χ1) is 12.2. The van der Waals surface area contributed by atoms with E-state index in [1.165, 1.54) is 6.08 Å². The van der Waals surface area contributed by atoms with Crippen LogP contribution in [0.3, 0.4) is 0 Å². The van der Waals surface area contributed by atoms with Gasteiger partial charge in [0.15, 0.2) is 5.60 Å². The molecule has 0 saturated carbocycles. The van der Waals surface area contributed by atoms with Crippen LogP contribution in [0.15, 0.2) is 35.6 Å². The minimum Gasteiger partial charge on any atom is -0.483 e. The number of fused-ring (bicyclic) bond motifs is 3. The summed E-state index contributed by atoms with van der Waals surface area (Å²) in [6.45, 7) is 10.9. The SMILES string of the molecule is C=C1C(=O)O[C@H]2C[C@H](C)C3=CC(=O)[C@@](C)(C[C@H](OC(=O)/C(C)=C\C)[C@@H]12)O3. The number of hydrogen-bond donors (Lipinski definition) is 0. The predicted octanol–water partition coefficient (Wildman–Crippen LogP) is 2.63. The van der Waals surface area contributed by atoms with Gasteiger partial charge in [-0.05, 0) is 27.2 Å². The van der Waals surface area contributed by atoms with Gasteiger partial charge in [0.05, 0.1) is 5.92 Å². The van der Waals surface area contributed by atoms with Crippen LogP contribution in [0.1, 0.15) is 40.5 Å². The Morgan fingerprint density at radius 1 is 1.42 bits per heavy atom. The topological polar surface area (TPSA) is 78.9 Å². The molecular formula is C20H24O6. The van der Waals surface area contributed by atoms with E-state index in [0.717, 1.165) is 0 Å². The normalized spacial score (nSPS) is 37.0. The van der Waals surface area contributed by atoms with E-state index in [2.05, 4.69) is 6.58 Å². The molecule has 2 saturated heterocycles. The summed E-state index contributed by atoms with van der Waals surface area (Å²) < 4.78 is 17.2. The number of ether oxygens (including phenoxy) is 3. The van der Waals surface area contributed by atoms with E-state index < -0.39 is 35.7 Å². The van der Waals surface area contributed by atoms with E-state index >= 15 is 0 Å². The molecule has 0 aromatic rings. The molecule has 2 fully saturated rings. The first-order valence-corrected chi connectivity index (χ1v) is 8.85. The fraction of sp³-hybridized carbons (Fsp3) is 0.550. The maximum Gasteiger partial charge on any atom is 0.334 e. The van der Waals surface area contributed by atoms with Crippen LogP contribution >= 0.6 is 0 Å². The van der Waals surface area contributed by atoms with Crippen LogP contribution in [0.25, 0.3) is 0 Å². The third kappa shape index (κ3) is 2.97. The van der Waals surface area contributed by atoms with Gasteiger partial charge in [-0.15, -0.1) is 0 Å². The Labute approximate surface area is 152 Å². The maximum absolute atomic E-state index is 12.5. The number of carbonyl (C=O) groups excluding carboxylic acids is 3. The Kier molecular flexibility index (Phi) is 4.54. The summed E-state index contributed by atoms with van der Waals surface area (Å²) >= 11 is 0. The first kappa shape index (κ1) is 18.4. The molecule has 0 aromatic carbocycles. The number of carbonyl (C=O) groups is 3. The zero-order valence-corrected chi connectivity index (χ0v) is 15.5. The van der Waals surface area contributed by atoms with Gasteiger partial charge in [-0.1, -0.05) is 19.6 Å². The van der Waals surface area contributed by atoms with Crippen LogP contribution < -0.4 is 0 Å². The highest BCUT2D eigenvalue weighted by molar-refractivity contribution is 5.99. The quantitative estimate of drug-likeness (QED) is 0.556. The van der Waals surface area contributed by atoms with Crippen LogP contribution in [0.4, 0.5) is 0 Å². The van der Waals surface area contributed by atoms with Crippen LogP contribution in [0.5, 0.6) is 0 Å². The number of allylic oxidation sites excluding steroid dienone is 2. The van der Waals surface area contributed by atoms with Crippen LogP contribution in [-0.2, 0) is 28.6 Å². The molecule has 5 atom stereocenters. The van der Waals surface area contributed by atoms with E-state index in [1.54, 1.807) is 26.8 Å². The van der Waals surface area contributed by atoms with Crippen LogP contribution in [0.2, 0.25) is 0 Å². The minimum absolute atomic E-state index is 0.0984. The molecule has 0 unspecified atom stereocenters. The van der Waals surface area contributed by atoms with Crippen molar-refractivity contribution in [2.24, 2.45) is 11.8 Å². The van der Waals surface area contributed by atoms with Crippen molar-refractivity contribution in [3.8, 4) is 0 Å². The average molecular weight is 360 g/mol. The molecule has 0 amide bonds. The highest BCUT2D eigenvalue weighted by Crippen LogP contribution is 2.44. The lowest BCUT2D eigenvalue weighted by molar-refractivity contribution is -0.153. The zero-order valence-electron chi connectivity index (χ0n) is 15.5. The van der Waals surface area contributed by atoms with Crippen molar-refractivity contribution in [1.29, 1.82) is 0 Å². The van der Waals surface area contributed by atoms with Crippen LogP contribution in [-0.4, -0.2) is 35.5 Å². The standard InChI is InChI=1S/C20H24O6/c1-6-10(2)18(22)25-15-9-20(5)16(21)8-13(26-20)11(3)7-14-17(15)12(4)19(23)24-14/h6,8,11,14-15,17H,4,7,9H2,1-3,5H3/b10-6-/t11-,14-,15-,17-,20+/m0/s1. The van der Waals surface area contributed by atoms with Gasteiger partial charge in [0, 0.05) is 29.6 Å². The number of hydrogen-bond acceptors (Lipinski definition) is 6. The third-order valence-corrected chi connectivity index (χ3v) is 5.54. The molecule has 26 heavy (non-hydrogen) atoms. The van der Waals surface area contributed by atoms with Crippen molar-refractivity contribution in [2.75, 3.05) is 0 Å². The summed E-state index contributed by atoms with van der Waals surface area (Å²) in [6.07, 6.45) is 2.57. The lowest BCUT2D eigenvalue weighted by Crippen LogP contribution is -2.43. The van der Waals surface area contributed by atoms with E-state index in [4.69, 9.17) is 14.2 Å². The molecule has 3 aliphatic heterocycles. The fourth-order valence-corrected chi connectivity index (χ4v) is 3.75. The van der Waals surface area contributed by atoms with Gasteiger partial charge < -0.3 is 14.2 Å². The van der Waals surface area contributed by atoms with E-state index in [1.807, 2.05) is 6.92 Å². The highest BCUT2D eigenvalue weighted by atomic mass is 16.6. The van der Waals surface area contributed by atoms with Crippen molar-refractivity contribution in [1.82, 2.24) is 0 Å². The monoisotopic (exact) mass is 360 g/mol. The number of esters is 2. The Morgan fingerprint density at radius 2 is 2.12 bits per heavy atom. The van der Waals surface area contributed by atoms with Gasteiger partial charge in [-0.25, -0.2) is 9.59 Å². The lowest BCUT2D eigenvalue weighted by Gasteiger charge is -2.31. The molecule has 0 aliphatic carbocycles. The predicted molar refractivity (Wildman–Crippen MR) is 92.8 cm³/mol. The largest absolute Gasteiger partial charge is 0.483 e. The van der Waals surface area contributed by atoms with E-state index in [9.17, 15) is 14.4 Å². The third-order valence-electron chi connectivity index (χ3n) is 5.54. The molecule has 6 heteroatoms. The Morgan fingerprint density at radius 3 is 2.77 bits per heavy atom. The van der Waals surface area contributed by atoms with Crippen molar-refractivity contribution in [2.45, 2.75) is 58.3 Å². The Balaban J connectivity index is 2.00. The van der Waals surface area contributed by atoms with Crippen molar-refractivity contribution in [3.05, 3.63) is 35.6 Å². The van der Waals surface area contributed by atoms with Crippen molar-refractivity contribution in [3.63, 3.8) is 0 Å². The first-order valence-electron chi connectivity index (χ1n) is 8.85. The van der Waals surface area contributed by atoms with Gasteiger partial charge >= 0.3 is 11.9 Å². The molecule has 6 nitrogen and oxygen atoms in total. The summed E-state index contributed by atoms with van der Waals surface area (Å²) in [5.74, 6) is -1.13. The number of ketones is 1. The molecule has 0 radical (unpaired) electrons. The molecule has 3 rings (SSSR count). The molecular weight excluding hydrogens is 336 g/mol. The minimum atomic E-state index is -1.13. The fourth-order valence-electron chi connectivity index (χ4n) is 3.75. The summed E-state index contributed by atoms with van der Waals surface area (Å²) in [5.41, 5.74) is -0.395. The number of rotatable bonds is 2. The summed E-state index contributed by atoms with van der Waals surface area (Å²) in [7, 11) is 0. The summed E-state index contributed by atoms with van der Waals surface area (Å²) in [4.78, 5) is 37.0. The maximum atomic E-state index is 12.5. The second kappa shape index (κ2) is 6.41. The van der Waals surface area contributed by atoms with E-state index in [-0.39, 0.29) is 23.7 Å². The molecule has 140 valence electrons. The van der Waals surface area contributed by atoms with Crippen molar-refractivity contribution < 1.29 is 28.6 Å². The molecule has 2 bridgehead atoms. The van der Waals surface area contributed by atoms with Gasteiger partial charge in [-0.3, -0.25) is 4.79 Å². The lowest BCUT2D eigenvalue weighted by atomic mass is 9.80. The smallest absolute Gasteiger partial charge is 0.334 e. The van der Waals surface area contributed by atoms with Gasteiger partial charge in [0.1, 0.15) is 18.0 Å².